The molecule has 1 amide bonds. The Morgan fingerprint density at radius 1 is 1.29 bits per heavy atom. The van der Waals surface area contributed by atoms with Crippen LogP contribution in [0.25, 0.3) is 0 Å². The standard InChI is InChI=1S/C22H21F4N3OS/c1-13(30)29-21(15(10-11-27)7-6-14-4-2-3-5-18(14)21)31-20(28-29)17-12-16(22(24,25)26)8-9-19(17)23/h2-5,8-9,12,15H,6-7,10-11,27H2,1H3/t15-,21+/m0/s1. The van der Waals surface area contributed by atoms with E-state index in [1.807, 2.05) is 24.3 Å². The molecular formula is C22H21F4N3OS. The molecule has 0 radical (unpaired) electrons. The highest BCUT2D eigenvalue weighted by Crippen LogP contribution is 2.57. The second kappa shape index (κ2) is 7.94. The maximum Gasteiger partial charge on any atom is 0.416 e. The molecule has 2 N–H and O–H groups in total. The molecular weight excluding hydrogens is 430 g/mol. The smallest absolute Gasteiger partial charge is 0.330 e. The number of aryl methyl sites for hydroxylation is 1. The minimum atomic E-state index is -4.62. The van der Waals surface area contributed by atoms with Gasteiger partial charge in [-0.2, -0.15) is 18.3 Å². The Kier molecular flexibility index (Phi) is 5.59. The number of thioether (sulfide) groups is 1. The van der Waals surface area contributed by atoms with E-state index >= 15 is 0 Å². The molecule has 2 aromatic rings. The predicted octanol–water partition coefficient (Wildman–Crippen LogP) is 4.87. The molecule has 1 spiro atoms. The van der Waals surface area contributed by atoms with Gasteiger partial charge in [-0.25, -0.2) is 9.40 Å². The number of alkyl halides is 3. The summed E-state index contributed by atoms with van der Waals surface area (Å²) in [6.07, 6.45) is -2.50. The summed E-state index contributed by atoms with van der Waals surface area (Å²) in [6.45, 7) is 1.74. The first-order chi connectivity index (χ1) is 14.7. The fourth-order valence-corrected chi connectivity index (χ4v) is 6.11. The molecule has 0 fully saturated rings. The average Bonchev–Trinajstić information content (AvgIpc) is 3.11. The van der Waals surface area contributed by atoms with Gasteiger partial charge in [-0.15, -0.1) is 0 Å². The predicted molar refractivity (Wildman–Crippen MR) is 112 cm³/mol. The molecule has 4 nitrogen and oxygen atoms in total. The first-order valence-electron chi connectivity index (χ1n) is 9.92. The van der Waals surface area contributed by atoms with E-state index in [1.54, 1.807) is 0 Å². The Labute approximate surface area is 181 Å². The average molecular weight is 451 g/mol. The Bertz CT molecular complexity index is 1060. The molecule has 0 unspecified atom stereocenters. The van der Waals surface area contributed by atoms with Crippen LogP contribution in [-0.4, -0.2) is 22.5 Å². The van der Waals surface area contributed by atoms with Crippen LogP contribution in [0.5, 0.6) is 0 Å². The fraction of sp³-hybridized carbons (Fsp3) is 0.364. The van der Waals surface area contributed by atoms with Crippen molar-refractivity contribution < 1.29 is 22.4 Å². The van der Waals surface area contributed by atoms with Crippen LogP contribution in [0.1, 0.15) is 42.0 Å². The van der Waals surface area contributed by atoms with Crippen LogP contribution in [0.4, 0.5) is 17.6 Å². The number of hydrazone groups is 1. The molecule has 1 heterocycles. The molecule has 4 rings (SSSR count). The van der Waals surface area contributed by atoms with E-state index in [-0.39, 0.29) is 22.4 Å². The number of rotatable bonds is 3. The zero-order valence-electron chi connectivity index (χ0n) is 16.7. The fourth-order valence-electron chi connectivity index (χ4n) is 4.45. The van der Waals surface area contributed by atoms with E-state index in [2.05, 4.69) is 5.10 Å². The monoisotopic (exact) mass is 451 g/mol. The summed E-state index contributed by atoms with van der Waals surface area (Å²) >= 11 is 1.14. The number of amides is 1. The van der Waals surface area contributed by atoms with Gasteiger partial charge in [0.1, 0.15) is 15.7 Å². The Balaban J connectivity index is 1.88. The number of benzene rings is 2. The van der Waals surface area contributed by atoms with Crippen molar-refractivity contribution in [3.05, 3.63) is 70.5 Å². The van der Waals surface area contributed by atoms with E-state index in [1.165, 1.54) is 11.9 Å². The van der Waals surface area contributed by atoms with Gasteiger partial charge in [0.25, 0.3) is 0 Å². The molecule has 0 bridgehead atoms. The molecule has 1 aliphatic carbocycles. The molecule has 164 valence electrons. The van der Waals surface area contributed by atoms with Gasteiger partial charge < -0.3 is 5.73 Å². The SMILES string of the molecule is CC(=O)N1N=C(c2cc(C(F)(F)F)ccc2F)S[C@]12c1ccccc1CC[C@H]2CCN. The third kappa shape index (κ3) is 3.63. The number of hydrogen-bond donors (Lipinski definition) is 1. The van der Waals surface area contributed by atoms with Crippen molar-refractivity contribution in [2.45, 2.75) is 37.2 Å². The molecule has 2 atom stereocenters. The van der Waals surface area contributed by atoms with Crippen LogP contribution in [0, 0.1) is 11.7 Å². The molecule has 0 saturated carbocycles. The maximum atomic E-state index is 14.6. The Hall–Kier alpha value is -2.39. The third-order valence-electron chi connectivity index (χ3n) is 5.81. The first kappa shape index (κ1) is 21.8. The zero-order chi connectivity index (χ0) is 22.4. The lowest BCUT2D eigenvalue weighted by molar-refractivity contribution is -0.137. The second-order valence-electron chi connectivity index (χ2n) is 7.70. The Morgan fingerprint density at radius 2 is 2.03 bits per heavy atom. The van der Waals surface area contributed by atoms with Gasteiger partial charge in [-0.1, -0.05) is 36.0 Å². The summed E-state index contributed by atoms with van der Waals surface area (Å²) < 4.78 is 54.4. The third-order valence-corrected chi connectivity index (χ3v) is 7.35. The zero-order valence-corrected chi connectivity index (χ0v) is 17.6. The number of carbonyl (C=O) groups is 1. The van der Waals surface area contributed by atoms with E-state index in [0.29, 0.717) is 19.0 Å². The summed E-state index contributed by atoms with van der Waals surface area (Å²) in [7, 11) is 0. The van der Waals surface area contributed by atoms with E-state index in [0.717, 1.165) is 47.9 Å². The van der Waals surface area contributed by atoms with Gasteiger partial charge >= 0.3 is 6.18 Å². The van der Waals surface area contributed by atoms with Crippen molar-refractivity contribution in [1.29, 1.82) is 0 Å². The van der Waals surface area contributed by atoms with Gasteiger partial charge in [-0.3, -0.25) is 4.79 Å². The van der Waals surface area contributed by atoms with Gasteiger partial charge in [-0.05, 0) is 61.1 Å². The lowest BCUT2D eigenvalue weighted by Crippen LogP contribution is -2.49. The van der Waals surface area contributed by atoms with Crippen molar-refractivity contribution >= 4 is 22.7 Å². The number of carbonyl (C=O) groups excluding carboxylic acids is 1. The van der Waals surface area contributed by atoms with Gasteiger partial charge in [0.2, 0.25) is 5.91 Å². The summed E-state index contributed by atoms with van der Waals surface area (Å²) in [4.78, 5) is 11.7. The lowest BCUT2D eigenvalue weighted by atomic mass is 9.77. The second-order valence-corrected chi connectivity index (χ2v) is 8.91. The van der Waals surface area contributed by atoms with Crippen LogP contribution in [0.2, 0.25) is 0 Å². The number of nitrogens with two attached hydrogens (primary N) is 1. The molecule has 0 aromatic heterocycles. The van der Waals surface area contributed by atoms with Crippen LogP contribution in [0.3, 0.4) is 0 Å². The number of nitrogens with zero attached hydrogens (tertiary/aromatic N) is 2. The molecule has 0 saturated heterocycles. The van der Waals surface area contributed by atoms with Crippen molar-refractivity contribution in [2.75, 3.05) is 6.54 Å². The van der Waals surface area contributed by atoms with Crippen molar-refractivity contribution in [2.24, 2.45) is 16.8 Å². The van der Waals surface area contributed by atoms with Crippen molar-refractivity contribution in [1.82, 2.24) is 5.01 Å². The molecule has 9 heteroatoms. The highest BCUT2D eigenvalue weighted by atomic mass is 32.2. The number of fused-ring (bicyclic) bond motifs is 2. The van der Waals surface area contributed by atoms with Gasteiger partial charge in [0, 0.05) is 12.5 Å². The number of halogens is 4. The minimum absolute atomic E-state index is 0.0533. The highest BCUT2D eigenvalue weighted by molar-refractivity contribution is 8.15. The summed E-state index contributed by atoms with van der Waals surface area (Å²) in [5, 5.41) is 5.73. The van der Waals surface area contributed by atoms with Crippen LogP contribution >= 0.6 is 11.8 Å². The van der Waals surface area contributed by atoms with E-state index < -0.39 is 22.4 Å². The minimum Gasteiger partial charge on any atom is -0.330 e. The van der Waals surface area contributed by atoms with Gasteiger partial charge in [0.05, 0.1) is 5.56 Å². The highest BCUT2D eigenvalue weighted by Gasteiger charge is 2.55. The molecule has 1 aliphatic heterocycles. The van der Waals surface area contributed by atoms with Crippen LogP contribution in [0.15, 0.2) is 47.6 Å². The largest absolute Gasteiger partial charge is 0.416 e. The first-order valence-corrected chi connectivity index (χ1v) is 10.7. The lowest BCUT2D eigenvalue weighted by Gasteiger charge is -2.45. The summed E-state index contributed by atoms with van der Waals surface area (Å²) in [5.41, 5.74) is 6.52. The Morgan fingerprint density at radius 3 is 2.71 bits per heavy atom. The molecule has 2 aromatic carbocycles. The normalized spacial score (nSPS) is 23.1. The van der Waals surface area contributed by atoms with Crippen LogP contribution < -0.4 is 5.73 Å². The van der Waals surface area contributed by atoms with Crippen LogP contribution in [-0.2, 0) is 22.3 Å². The molecule has 2 aliphatic rings. The van der Waals surface area contributed by atoms with Crippen molar-refractivity contribution in [3.63, 3.8) is 0 Å². The van der Waals surface area contributed by atoms with Gasteiger partial charge in [0.15, 0.2) is 0 Å². The summed E-state index contributed by atoms with van der Waals surface area (Å²) in [5.74, 6) is -1.27. The number of hydrogen-bond acceptors (Lipinski definition) is 4. The topological polar surface area (TPSA) is 58.7 Å². The van der Waals surface area contributed by atoms with Crippen molar-refractivity contribution in [3.8, 4) is 0 Å². The summed E-state index contributed by atoms with van der Waals surface area (Å²) in [6, 6.07) is 9.88. The van der Waals surface area contributed by atoms with E-state index in [4.69, 9.17) is 5.73 Å². The quantitative estimate of drug-likeness (QED) is 0.678. The maximum absolute atomic E-state index is 14.6. The molecule has 31 heavy (non-hydrogen) atoms. The van der Waals surface area contributed by atoms with E-state index in [9.17, 15) is 22.4 Å².